The summed E-state index contributed by atoms with van der Waals surface area (Å²) in [6.45, 7) is 4.91. The number of nitrogens with two attached hydrogens (primary N) is 1. The van der Waals surface area contributed by atoms with E-state index in [1.54, 1.807) is 0 Å². The molecule has 2 nitrogen and oxygen atoms in total. The molecule has 2 aromatic rings. The van der Waals surface area contributed by atoms with Crippen molar-refractivity contribution in [1.82, 2.24) is 4.98 Å². The fourth-order valence-corrected chi connectivity index (χ4v) is 3.04. The zero-order valence-electron chi connectivity index (χ0n) is 11.0. The van der Waals surface area contributed by atoms with Gasteiger partial charge in [-0.2, -0.15) is 0 Å². The predicted molar refractivity (Wildman–Crippen MR) is 78.1 cm³/mol. The number of hydrogen-bond acceptors (Lipinski definition) is 3. The smallest absolute Gasteiger partial charge is 0.0931 e. The largest absolute Gasteiger partial charge is 0.330 e. The zero-order chi connectivity index (χ0) is 13.0. The van der Waals surface area contributed by atoms with E-state index in [9.17, 15) is 0 Å². The normalized spacial score (nSPS) is 12.6. The second-order valence-electron chi connectivity index (χ2n) is 4.63. The quantitative estimate of drug-likeness (QED) is 0.894. The van der Waals surface area contributed by atoms with Crippen molar-refractivity contribution in [3.8, 4) is 0 Å². The van der Waals surface area contributed by atoms with Crippen molar-refractivity contribution in [3.05, 3.63) is 51.5 Å². The number of aryl methyl sites for hydroxylation is 3. The van der Waals surface area contributed by atoms with Gasteiger partial charge in [0.15, 0.2) is 0 Å². The minimum Gasteiger partial charge on any atom is -0.330 e. The minimum absolute atomic E-state index is 0.440. The molecule has 0 saturated carbocycles. The van der Waals surface area contributed by atoms with E-state index in [-0.39, 0.29) is 0 Å². The van der Waals surface area contributed by atoms with Crippen molar-refractivity contribution >= 4 is 11.3 Å². The third-order valence-corrected chi connectivity index (χ3v) is 4.47. The summed E-state index contributed by atoms with van der Waals surface area (Å²) in [7, 11) is 0. The number of nitrogens with zero attached hydrogens (tertiary/aromatic N) is 1. The summed E-state index contributed by atoms with van der Waals surface area (Å²) in [5.41, 5.74) is 8.39. The summed E-state index contributed by atoms with van der Waals surface area (Å²) in [6, 6.07) is 10.5. The lowest BCUT2D eigenvalue weighted by atomic mass is 9.94. The first-order chi connectivity index (χ1) is 8.70. The number of hydrogen-bond donors (Lipinski definition) is 1. The molecule has 0 amide bonds. The Hall–Kier alpha value is -1.19. The summed E-state index contributed by atoms with van der Waals surface area (Å²) in [5, 5.41) is 1.24. The van der Waals surface area contributed by atoms with Crippen molar-refractivity contribution in [2.75, 3.05) is 6.54 Å². The van der Waals surface area contributed by atoms with E-state index >= 15 is 0 Å². The van der Waals surface area contributed by atoms with E-state index in [4.69, 9.17) is 5.73 Å². The van der Waals surface area contributed by atoms with Gasteiger partial charge in [-0.3, -0.25) is 0 Å². The van der Waals surface area contributed by atoms with Gasteiger partial charge in [0.25, 0.3) is 0 Å². The van der Waals surface area contributed by atoms with Crippen LogP contribution in [0.25, 0.3) is 0 Å². The first-order valence-corrected chi connectivity index (χ1v) is 7.20. The van der Waals surface area contributed by atoms with Crippen molar-refractivity contribution in [1.29, 1.82) is 0 Å². The molecular formula is C15H20N2S. The van der Waals surface area contributed by atoms with Crippen LogP contribution in [0.4, 0.5) is 0 Å². The summed E-state index contributed by atoms with van der Waals surface area (Å²) in [6.07, 6.45) is 2.10. The van der Waals surface area contributed by atoms with Crippen molar-refractivity contribution in [3.63, 3.8) is 0 Å². The highest BCUT2D eigenvalue weighted by Crippen LogP contribution is 2.23. The monoisotopic (exact) mass is 260 g/mol. The van der Waals surface area contributed by atoms with Crippen molar-refractivity contribution in [2.24, 2.45) is 5.73 Å². The molecule has 1 atom stereocenters. The van der Waals surface area contributed by atoms with Gasteiger partial charge < -0.3 is 5.73 Å². The van der Waals surface area contributed by atoms with Gasteiger partial charge in [0, 0.05) is 4.88 Å². The molecule has 2 rings (SSSR count). The lowest BCUT2D eigenvalue weighted by molar-refractivity contribution is 0.632. The molecule has 0 saturated heterocycles. The van der Waals surface area contributed by atoms with Crippen LogP contribution in [0.1, 0.15) is 33.5 Å². The molecule has 1 aromatic carbocycles. The summed E-state index contributed by atoms with van der Waals surface area (Å²) in [5.74, 6) is 0.440. The van der Waals surface area contributed by atoms with Crippen LogP contribution in [0.3, 0.4) is 0 Å². The second-order valence-corrected chi connectivity index (χ2v) is 5.92. The van der Waals surface area contributed by atoms with E-state index in [0.717, 1.165) is 12.8 Å². The molecule has 0 bridgehead atoms. The maximum atomic E-state index is 5.89. The topological polar surface area (TPSA) is 38.9 Å². The molecule has 0 aliphatic carbocycles. The van der Waals surface area contributed by atoms with Gasteiger partial charge >= 0.3 is 0 Å². The van der Waals surface area contributed by atoms with Crippen LogP contribution < -0.4 is 5.73 Å². The Kier molecular flexibility index (Phi) is 4.50. The van der Waals surface area contributed by atoms with Gasteiger partial charge in [0.2, 0.25) is 0 Å². The summed E-state index contributed by atoms with van der Waals surface area (Å²) >= 11 is 1.81. The average molecular weight is 260 g/mol. The molecule has 18 heavy (non-hydrogen) atoms. The van der Waals surface area contributed by atoms with Crippen molar-refractivity contribution < 1.29 is 0 Å². The highest BCUT2D eigenvalue weighted by atomic mass is 32.1. The average Bonchev–Trinajstić information content (AvgIpc) is 2.71. The van der Waals surface area contributed by atoms with Gasteiger partial charge in [0.1, 0.15) is 0 Å². The lowest BCUT2D eigenvalue weighted by Crippen LogP contribution is -2.13. The van der Waals surface area contributed by atoms with Crippen LogP contribution in [-0.4, -0.2) is 11.5 Å². The third-order valence-electron chi connectivity index (χ3n) is 3.33. The molecule has 3 heteroatoms. The Morgan fingerprint density at radius 2 is 1.94 bits per heavy atom. The first kappa shape index (κ1) is 13.2. The molecule has 0 radical (unpaired) electrons. The molecular weight excluding hydrogens is 240 g/mol. The van der Waals surface area contributed by atoms with Gasteiger partial charge in [-0.15, -0.1) is 11.3 Å². The third kappa shape index (κ3) is 3.18. The van der Waals surface area contributed by atoms with E-state index in [1.807, 2.05) is 17.4 Å². The summed E-state index contributed by atoms with van der Waals surface area (Å²) in [4.78, 5) is 5.92. The highest BCUT2D eigenvalue weighted by Gasteiger charge is 2.11. The first-order valence-electron chi connectivity index (χ1n) is 6.38. The molecule has 0 aliphatic heterocycles. The SMILES string of the molecule is Cc1nc(CCC(CN)c2ccccc2)sc1C. The van der Waals surface area contributed by atoms with Gasteiger partial charge in [-0.05, 0) is 44.7 Å². The Morgan fingerprint density at radius 1 is 1.22 bits per heavy atom. The van der Waals surface area contributed by atoms with Gasteiger partial charge in [0.05, 0.1) is 10.7 Å². The number of benzene rings is 1. The van der Waals surface area contributed by atoms with Crippen LogP contribution in [0.15, 0.2) is 30.3 Å². The standard InChI is InChI=1S/C15H20N2S/c1-11-12(2)18-15(17-11)9-8-14(10-16)13-6-4-3-5-7-13/h3-7,14H,8-10,16H2,1-2H3. The predicted octanol–water partition coefficient (Wildman–Crippen LogP) is 3.44. The highest BCUT2D eigenvalue weighted by molar-refractivity contribution is 7.11. The fraction of sp³-hybridized carbons (Fsp3) is 0.400. The second kappa shape index (κ2) is 6.12. The van der Waals surface area contributed by atoms with Crippen LogP contribution in [0.5, 0.6) is 0 Å². The Morgan fingerprint density at radius 3 is 2.50 bits per heavy atom. The lowest BCUT2D eigenvalue weighted by Gasteiger charge is -2.14. The van der Waals surface area contributed by atoms with E-state index in [0.29, 0.717) is 12.5 Å². The van der Waals surface area contributed by atoms with E-state index in [2.05, 4.69) is 43.1 Å². The van der Waals surface area contributed by atoms with Gasteiger partial charge in [-0.1, -0.05) is 30.3 Å². The van der Waals surface area contributed by atoms with Crippen LogP contribution in [0, 0.1) is 13.8 Å². The van der Waals surface area contributed by atoms with E-state index in [1.165, 1.54) is 21.1 Å². The molecule has 0 fully saturated rings. The molecule has 0 aliphatic rings. The van der Waals surface area contributed by atoms with E-state index < -0.39 is 0 Å². The maximum absolute atomic E-state index is 5.89. The fourth-order valence-electron chi connectivity index (χ4n) is 2.09. The van der Waals surface area contributed by atoms with Crippen LogP contribution >= 0.6 is 11.3 Å². The van der Waals surface area contributed by atoms with Crippen LogP contribution in [-0.2, 0) is 6.42 Å². The molecule has 0 spiro atoms. The van der Waals surface area contributed by atoms with Crippen molar-refractivity contribution in [2.45, 2.75) is 32.6 Å². The molecule has 2 N–H and O–H groups in total. The Bertz CT molecular complexity index is 471. The Balaban J connectivity index is 1.99. The zero-order valence-corrected chi connectivity index (χ0v) is 11.8. The molecule has 1 unspecified atom stereocenters. The number of aromatic nitrogens is 1. The number of thiazole rings is 1. The molecule has 1 aromatic heterocycles. The number of rotatable bonds is 5. The molecule has 1 heterocycles. The minimum atomic E-state index is 0.440. The Labute approximate surface area is 113 Å². The van der Waals surface area contributed by atoms with Gasteiger partial charge in [-0.25, -0.2) is 4.98 Å². The maximum Gasteiger partial charge on any atom is 0.0931 e. The summed E-state index contributed by atoms with van der Waals surface area (Å²) < 4.78 is 0. The molecule has 96 valence electrons. The van der Waals surface area contributed by atoms with Crippen LogP contribution in [0.2, 0.25) is 0 Å².